The highest BCUT2D eigenvalue weighted by molar-refractivity contribution is 7.95. The van der Waals surface area contributed by atoms with Gasteiger partial charge in [0, 0.05) is 16.7 Å². The number of benzene rings is 2. The van der Waals surface area contributed by atoms with Crippen LogP contribution in [-0.4, -0.2) is 21.6 Å². The lowest BCUT2D eigenvalue weighted by molar-refractivity contribution is 0.327. The van der Waals surface area contributed by atoms with Crippen LogP contribution in [0.15, 0.2) is 93.6 Å². The van der Waals surface area contributed by atoms with Gasteiger partial charge in [0.1, 0.15) is 4.75 Å². The van der Waals surface area contributed by atoms with Crippen LogP contribution in [0.4, 0.5) is 0 Å². The fourth-order valence-electron chi connectivity index (χ4n) is 5.50. The van der Waals surface area contributed by atoms with Crippen LogP contribution in [0.5, 0.6) is 0 Å². The summed E-state index contributed by atoms with van der Waals surface area (Å²) in [5, 5.41) is 0. The predicted molar refractivity (Wildman–Crippen MR) is 107 cm³/mol. The second kappa shape index (κ2) is 5.05. The zero-order valence-electron chi connectivity index (χ0n) is 15.5. The van der Waals surface area contributed by atoms with Crippen LogP contribution in [0.1, 0.15) is 13.8 Å². The van der Waals surface area contributed by atoms with Gasteiger partial charge in [0.05, 0.1) is 14.7 Å². The molecule has 0 heterocycles. The minimum atomic E-state index is -3.69. The summed E-state index contributed by atoms with van der Waals surface area (Å²) in [7, 11) is -7.35. The maximum Gasteiger partial charge on any atom is 0.203 e. The van der Waals surface area contributed by atoms with Gasteiger partial charge >= 0.3 is 0 Å². The molecule has 2 unspecified atom stereocenters. The van der Waals surface area contributed by atoms with Gasteiger partial charge < -0.3 is 0 Å². The van der Waals surface area contributed by atoms with E-state index in [1.807, 2.05) is 13.8 Å². The van der Waals surface area contributed by atoms with E-state index in [4.69, 9.17) is 0 Å². The lowest BCUT2D eigenvalue weighted by Crippen LogP contribution is -2.35. The average molecular weight is 413 g/mol. The van der Waals surface area contributed by atoms with Crippen molar-refractivity contribution in [3.8, 4) is 0 Å². The van der Waals surface area contributed by atoms with E-state index < -0.39 is 35.3 Å². The van der Waals surface area contributed by atoms with Gasteiger partial charge in [0.15, 0.2) is 9.84 Å². The molecule has 0 amide bonds. The first kappa shape index (κ1) is 17.9. The van der Waals surface area contributed by atoms with Crippen molar-refractivity contribution in [2.45, 2.75) is 28.4 Å². The average Bonchev–Trinajstić information content (AvgIpc) is 3.10. The molecule has 3 aliphatic rings. The minimum absolute atomic E-state index is 0.240. The van der Waals surface area contributed by atoms with Crippen LogP contribution >= 0.6 is 0 Å². The molecule has 28 heavy (non-hydrogen) atoms. The Morgan fingerprint density at radius 2 is 1.29 bits per heavy atom. The van der Waals surface area contributed by atoms with E-state index in [0.29, 0.717) is 4.91 Å². The van der Waals surface area contributed by atoms with Crippen LogP contribution < -0.4 is 0 Å². The Morgan fingerprint density at radius 1 is 0.750 bits per heavy atom. The molecule has 1 fully saturated rings. The van der Waals surface area contributed by atoms with Gasteiger partial charge in [-0.3, -0.25) is 0 Å². The maximum atomic E-state index is 13.5. The summed E-state index contributed by atoms with van der Waals surface area (Å²) in [6, 6.07) is 16.7. The van der Waals surface area contributed by atoms with Crippen LogP contribution in [0.2, 0.25) is 0 Å². The third-order valence-electron chi connectivity index (χ3n) is 7.23. The van der Waals surface area contributed by atoms with Crippen molar-refractivity contribution < 1.29 is 16.8 Å². The zero-order chi connectivity index (χ0) is 20.0. The summed E-state index contributed by atoms with van der Waals surface area (Å²) < 4.78 is 52.6. The number of fused-ring (bicyclic) bond motifs is 1. The molecule has 6 heteroatoms. The third kappa shape index (κ3) is 1.68. The van der Waals surface area contributed by atoms with E-state index in [-0.39, 0.29) is 15.7 Å². The quantitative estimate of drug-likeness (QED) is 0.717. The summed E-state index contributed by atoms with van der Waals surface area (Å²) in [5.41, 5.74) is -1.56. The number of sulfone groups is 2. The molecule has 3 aliphatic carbocycles. The Hall–Kier alpha value is -2.18. The molecule has 2 aromatic rings. The van der Waals surface area contributed by atoms with Gasteiger partial charge in [-0.05, 0) is 24.3 Å². The monoisotopic (exact) mass is 412 g/mol. The van der Waals surface area contributed by atoms with Gasteiger partial charge in [-0.2, -0.15) is 0 Å². The first-order chi connectivity index (χ1) is 13.1. The second-order valence-electron chi connectivity index (χ2n) is 8.17. The van der Waals surface area contributed by atoms with Crippen molar-refractivity contribution >= 4 is 19.7 Å². The normalized spacial score (nSPS) is 35.5. The molecule has 0 spiro atoms. The molecule has 4 atom stereocenters. The van der Waals surface area contributed by atoms with Crippen LogP contribution in [-0.2, 0) is 19.7 Å². The zero-order valence-corrected chi connectivity index (χ0v) is 17.2. The molecule has 0 aliphatic heterocycles. The highest BCUT2D eigenvalue weighted by Gasteiger charge is 2.89. The Morgan fingerprint density at radius 3 is 1.82 bits per heavy atom. The molecule has 5 rings (SSSR count). The molecule has 4 nitrogen and oxygen atoms in total. The van der Waals surface area contributed by atoms with Crippen LogP contribution in [0.3, 0.4) is 0 Å². The fourth-order valence-corrected chi connectivity index (χ4v) is 10.0. The number of allylic oxidation sites excluding steroid dienone is 3. The second-order valence-corrected chi connectivity index (χ2v) is 12.2. The van der Waals surface area contributed by atoms with Gasteiger partial charge in [-0.15, -0.1) is 0 Å². The number of hydrogen-bond donors (Lipinski definition) is 0. The van der Waals surface area contributed by atoms with E-state index in [9.17, 15) is 16.8 Å². The van der Waals surface area contributed by atoms with Crippen molar-refractivity contribution in [1.29, 1.82) is 0 Å². The Bertz CT molecular complexity index is 1260. The summed E-state index contributed by atoms with van der Waals surface area (Å²) in [6.45, 7) is 3.76. The van der Waals surface area contributed by atoms with Crippen LogP contribution in [0.25, 0.3) is 0 Å². The first-order valence-electron chi connectivity index (χ1n) is 9.16. The first-order valence-corrected chi connectivity index (χ1v) is 12.1. The van der Waals surface area contributed by atoms with E-state index in [1.54, 1.807) is 78.9 Å². The summed E-state index contributed by atoms with van der Waals surface area (Å²) >= 11 is 0. The molecule has 0 bridgehead atoms. The van der Waals surface area contributed by atoms with Gasteiger partial charge in [-0.25, -0.2) is 16.8 Å². The molecule has 2 aromatic carbocycles. The van der Waals surface area contributed by atoms with Crippen molar-refractivity contribution in [3.05, 3.63) is 83.8 Å². The Labute approximate surface area is 165 Å². The van der Waals surface area contributed by atoms with Crippen molar-refractivity contribution in [1.82, 2.24) is 0 Å². The van der Waals surface area contributed by atoms with Crippen molar-refractivity contribution in [2.24, 2.45) is 16.7 Å². The minimum Gasteiger partial charge on any atom is -0.223 e. The molecule has 0 N–H and O–H groups in total. The lowest BCUT2D eigenvalue weighted by Gasteiger charge is -2.32. The predicted octanol–water partition coefficient (Wildman–Crippen LogP) is 3.78. The summed E-state index contributed by atoms with van der Waals surface area (Å²) in [4.78, 5) is 0.830. The van der Waals surface area contributed by atoms with E-state index >= 15 is 0 Å². The molecule has 0 saturated heterocycles. The third-order valence-corrected chi connectivity index (χ3v) is 11.9. The van der Waals surface area contributed by atoms with Crippen molar-refractivity contribution in [3.63, 3.8) is 0 Å². The molecule has 1 saturated carbocycles. The highest BCUT2D eigenvalue weighted by Crippen LogP contribution is 2.85. The Balaban J connectivity index is 1.67. The number of hydrogen-bond acceptors (Lipinski definition) is 4. The standard InChI is InChI=1S/C22H20O4S2/c1-20-13-14-22(28(25,26)17-11-7-4-8-12-17)18(21(20,22)2)15-19(20)27(23,24)16-9-5-3-6-10-16/h3-15,18H,1-2H3/t18?,20-,21+,22?/m0/s1. The molecule has 0 aromatic heterocycles. The van der Waals surface area contributed by atoms with E-state index in [2.05, 4.69) is 0 Å². The smallest absolute Gasteiger partial charge is 0.203 e. The largest absolute Gasteiger partial charge is 0.223 e. The molecular formula is C22H20O4S2. The number of rotatable bonds is 4. The molecule has 144 valence electrons. The van der Waals surface area contributed by atoms with E-state index in [0.717, 1.165) is 0 Å². The van der Waals surface area contributed by atoms with Crippen LogP contribution in [0, 0.1) is 16.7 Å². The highest BCUT2D eigenvalue weighted by atomic mass is 32.2. The molecule has 0 radical (unpaired) electrons. The lowest BCUT2D eigenvalue weighted by atomic mass is 9.79. The Kier molecular flexibility index (Phi) is 3.22. The van der Waals surface area contributed by atoms with Crippen molar-refractivity contribution in [2.75, 3.05) is 0 Å². The summed E-state index contributed by atoms with van der Waals surface area (Å²) in [6.07, 6.45) is 5.23. The SMILES string of the molecule is C[C@]12C=CC3(S(=O)(=O)c4ccccc4)C(C=C1S(=O)(=O)c1ccccc1)[C@@]32C. The van der Waals surface area contributed by atoms with Gasteiger partial charge in [0.25, 0.3) is 0 Å². The van der Waals surface area contributed by atoms with Gasteiger partial charge in [0.2, 0.25) is 9.84 Å². The van der Waals surface area contributed by atoms with Gasteiger partial charge in [-0.1, -0.05) is 68.5 Å². The van der Waals surface area contributed by atoms with E-state index in [1.165, 1.54) is 0 Å². The summed E-state index contributed by atoms with van der Waals surface area (Å²) in [5.74, 6) is -0.353. The fraction of sp³-hybridized carbons (Fsp3) is 0.273. The molecular weight excluding hydrogens is 392 g/mol. The topological polar surface area (TPSA) is 68.3 Å². The maximum absolute atomic E-state index is 13.5.